The minimum absolute atomic E-state index is 0.0925. The molecule has 0 saturated heterocycles. The Morgan fingerprint density at radius 3 is 1.45 bits per heavy atom. The van der Waals surface area contributed by atoms with Crippen LogP contribution in [0.25, 0.3) is 0 Å². The molecule has 0 heterocycles. The van der Waals surface area contributed by atoms with Gasteiger partial charge in [0.05, 0.1) is 18.8 Å². The molecule has 3 N–H and O–H groups in total. The zero-order chi connectivity index (χ0) is 29.4. The molecule has 0 fully saturated rings. The number of unbranched alkanes of at least 4 members (excludes halogenated alkanes) is 22. The van der Waals surface area contributed by atoms with Gasteiger partial charge in [0.15, 0.2) is 0 Å². The molecule has 0 aliphatic carbocycles. The van der Waals surface area contributed by atoms with Crippen molar-refractivity contribution >= 4 is 5.91 Å². The van der Waals surface area contributed by atoms with Crippen LogP contribution >= 0.6 is 0 Å². The van der Waals surface area contributed by atoms with Gasteiger partial charge in [0.25, 0.3) is 0 Å². The minimum atomic E-state index is -0.853. The smallest absolute Gasteiger partial charge is 0.220 e. The van der Waals surface area contributed by atoms with Gasteiger partial charge in [-0.2, -0.15) is 0 Å². The molecule has 0 aromatic rings. The normalized spacial score (nSPS) is 13.4. The van der Waals surface area contributed by atoms with E-state index in [-0.39, 0.29) is 12.5 Å². The fourth-order valence-corrected chi connectivity index (χ4v) is 5.19. The van der Waals surface area contributed by atoms with Crippen molar-refractivity contribution in [1.82, 2.24) is 5.32 Å². The maximum atomic E-state index is 12.0. The molecule has 236 valence electrons. The van der Waals surface area contributed by atoms with Crippen LogP contribution in [0.4, 0.5) is 0 Å². The van der Waals surface area contributed by atoms with Crippen molar-refractivity contribution < 1.29 is 15.0 Å². The highest BCUT2D eigenvalue weighted by Gasteiger charge is 2.17. The van der Waals surface area contributed by atoms with Crippen molar-refractivity contribution in [3.63, 3.8) is 0 Å². The van der Waals surface area contributed by atoms with Crippen molar-refractivity contribution in [3.8, 4) is 0 Å². The maximum Gasteiger partial charge on any atom is 0.220 e. The molecule has 2 atom stereocenters. The number of aliphatic hydroxyl groups is 2. The van der Waals surface area contributed by atoms with Gasteiger partial charge in [0.2, 0.25) is 5.91 Å². The van der Waals surface area contributed by atoms with Gasteiger partial charge < -0.3 is 15.5 Å². The van der Waals surface area contributed by atoms with Crippen LogP contribution in [0.15, 0.2) is 24.3 Å². The van der Waals surface area contributed by atoms with E-state index in [1.807, 2.05) is 6.08 Å². The number of carbonyl (C=O) groups excluding carboxylic acids is 1. The molecule has 0 radical (unpaired) electrons. The third-order valence-electron chi connectivity index (χ3n) is 7.94. The van der Waals surface area contributed by atoms with Crippen LogP contribution in [0.3, 0.4) is 0 Å². The summed E-state index contributed by atoms with van der Waals surface area (Å²) in [4.78, 5) is 12.0. The topological polar surface area (TPSA) is 69.6 Å². The second kappa shape index (κ2) is 32.4. The minimum Gasteiger partial charge on any atom is -0.394 e. The highest BCUT2D eigenvalue weighted by molar-refractivity contribution is 5.76. The van der Waals surface area contributed by atoms with Crippen LogP contribution in [-0.2, 0) is 4.79 Å². The van der Waals surface area contributed by atoms with E-state index in [1.165, 1.54) is 116 Å². The summed E-state index contributed by atoms with van der Waals surface area (Å²) in [5.74, 6) is -0.0925. The summed E-state index contributed by atoms with van der Waals surface area (Å²) in [7, 11) is 0. The van der Waals surface area contributed by atoms with E-state index < -0.39 is 12.1 Å². The SMILES string of the molecule is CCCCCCCCCCCCCCCCCCCC/C=C/CC/C=C/C(O)C(CO)NC(=O)CCCCCC. The van der Waals surface area contributed by atoms with Crippen molar-refractivity contribution in [1.29, 1.82) is 0 Å². The second-order valence-electron chi connectivity index (χ2n) is 11.9. The first-order chi connectivity index (χ1) is 19.7. The number of allylic oxidation sites excluding steroid dienone is 3. The first-order valence-electron chi connectivity index (χ1n) is 17.6. The molecule has 0 aromatic heterocycles. The van der Waals surface area contributed by atoms with E-state index in [9.17, 15) is 15.0 Å². The van der Waals surface area contributed by atoms with Gasteiger partial charge >= 0.3 is 0 Å². The first-order valence-corrected chi connectivity index (χ1v) is 17.6. The summed E-state index contributed by atoms with van der Waals surface area (Å²) in [6, 6.07) is -0.630. The van der Waals surface area contributed by atoms with E-state index in [2.05, 4.69) is 31.3 Å². The lowest BCUT2D eigenvalue weighted by Gasteiger charge is -2.19. The van der Waals surface area contributed by atoms with E-state index in [4.69, 9.17) is 0 Å². The summed E-state index contributed by atoms with van der Waals surface area (Å²) in [6.45, 7) is 4.17. The van der Waals surface area contributed by atoms with Gasteiger partial charge in [-0.05, 0) is 32.1 Å². The quantitative estimate of drug-likeness (QED) is 0.0580. The van der Waals surface area contributed by atoms with Crippen LogP contribution in [0.1, 0.15) is 181 Å². The average Bonchev–Trinajstić information content (AvgIpc) is 2.96. The molecular formula is C36H69NO3. The van der Waals surface area contributed by atoms with E-state index >= 15 is 0 Å². The van der Waals surface area contributed by atoms with Crippen molar-refractivity contribution in [2.75, 3.05) is 6.61 Å². The highest BCUT2D eigenvalue weighted by atomic mass is 16.3. The summed E-state index contributed by atoms with van der Waals surface area (Å²) >= 11 is 0. The fourth-order valence-electron chi connectivity index (χ4n) is 5.19. The second-order valence-corrected chi connectivity index (χ2v) is 11.9. The van der Waals surface area contributed by atoms with Crippen molar-refractivity contribution in [2.45, 2.75) is 193 Å². The van der Waals surface area contributed by atoms with Crippen molar-refractivity contribution in [3.05, 3.63) is 24.3 Å². The molecule has 0 spiro atoms. The molecule has 0 saturated carbocycles. The fraction of sp³-hybridized carbons (Fsp3) is 0.861. The number of amides is 1. The number of rotatable bonds is 31. The van der Waals surface area contributed by atoms with Crippen LogP contribution in [0, 0.1) is 0 Å². The summed E-state index contributed by atoms with van der Waals surface area (Å²) < 4.78 is 0. The molecule has 0 aromatic carbocycles. The highest BCUT2D eigenvalue weighted by Crippen LogP contribution is 2.15. The summed E-state index contributed by atoms with van der Waals surface area (Å²) in [5.41, 5.74) is 0. The van der Waals surface area contributed by atoms with Gasteiger partial charge in [-0.25, -0.2) is 0 Å². The monoisotopic (exact) mass is 564 g/mol. The molecule has 0 aliphatic heterocycles. The lowest BCUT2D eigenvalue weighted by Crippen LogP contribution is -2.45. The largest absolute Gasteiger partial charge is 0.394 e. The summed E-state index contributed by atoms with van der Waals surface area (Å²) in [6.07, 6.45) is 40.3. The number of hydrogen-bond donors (Lipinski definition) is 3. The average molecular weight is 564 g/mol. The molecule has 0 aliphatic rings. The zero-order valence-electron chi connectivity index (χ0n) is 26.9. The Labute approximate surface area is 249 Å². The predicted molar refractivity (Wildman–Crippen MR) is 175 cm³/mol. The standard InChI is InChI=1S/C36H69NO3/c1-3-5-7-9-10-11-12-13-14-15-16-17-18-19-20-21-22-23-24-25-26-27-28-29-31-35(39)34(33-38)37-36(40)32-30-8-6-4-2/h25-26,29,31,34-35,38-39H,3-24,27-28,30,32-33H2,1-2H3,(H,37,40)/b26-25+,31-29+. The maximum absolute atomic E-state index is 12.0. The first kappa shape index (κ1) is 38.9. The Hall–Kier alpha value is -1.13. The Morgan fingerprint density at radius 1 is 0.575 bits per heavy atom. The third kappa shape index (κ3) is 28.4. The van der Waals surface area contributed by atoms with Crippen LogP contribution in [0.5, 0.6) is 0 Å². The van der Waals surface area contributed by atoms with Crippen LogP contribution < -0.4 is 5.32 Å². The predicted octanol–water partition coefficient (Wildman–Crippen LogP) is 10.1. The van der Waals surface area contributed by atoms with Gasteiger partial charge in [-0.1, -0.05) is 167 Å². The lowest BCUT2D eigenvalue weighted by atomic mass is 10.0. The zero-order valence-corrected chi connectivity index (χ0v) is 26.9. The van der Waals surface area contributed by atoms with Gasteiger partial charge in [0.1, 0.15) is 0 Å². The van der Waals surface area contributed by atoms with Gasteiger partial charge in [-0.15, -0.1) is 0 Å². The molecule has 0 bridgehead atoms. The van der Waals surface area contributed by atoms with Gasteiger partial charge in [0, 0.05) is 6.42 Å². The molecule has 2 unspecified atom stereocenters. The van der Waals surface area contributed by atoms with Gasteiger partial charge in [-0.3, -0.25) is 4.79 Å². The number of carbonyl (C=O) groups is 1. The summed E-state index contributed by atoms with van der Waals surface area (Å²) in [5, 5.41) is 22.5. The number of nitrogens with one attached hydrogen (secondary N) is 1. The lowest BCUT2D eigenvalue weighted by molar-refractivity contribution is -0.123. The molecule has 1 amide bonds. The number of hydrogen-bond acceptors (Lipinski definition) is 3. The molecule has 0 rings (SSSR count). The Bertz CT molecular complexity index is 574. The third-order valence-corrected chi connectivity index (χ3v) is 7.94. The van der Waals surface area contributed by atoms with E-state index in [0.717, 1.165) is 44.9 Å². The molecule has 4 nitrogen and oxygen atoms in total. The molecule has 40 heavy (non-hydrogen) atoms. The Balaban J connectivity index is 3.49. The molecule has 4 heteroatoms. The Kier molecular flexibility index (Phi) is 31.5. The van der Waals surface area contributed by atoms with Crippen LogP contribution in [-0.4, -0.2) is 34.9 Å². The number of aliphatic hydroxyl groups excluding tert-OH is 2. The molecular weight excluding hydrogens is 494 g/mol. The van der Waals surface area contributed by atoms with E-state index in [1.54, 1.807) is 6.08 Å². The Morgan fingerprint density at radius 2 is 0.975 bits per heavy atom. The van der Waals surface area contributed by atoms with Crippen LogP contribution in [0.2, 0.25) is 0 Å². The van der Waals surface area contributed by atoms with E-state index in [0.29, 0.717) is 6.42 Å². The van der Waals surface area contributed by atoms with Crippen molar-refractivity contribution in [2.24, 2.45) is 0 Å².